The summed E-state index contributed by atoms with van der Waals surface area (Å²) in [4.78, 5) is 63.7. The number of allylic oxidation sites excluding steroid dienone is 2. The van der Waals surface area contributed by atoms with Gasteiger partial charge in [-0.2, -0.15) is 18.2 Å². The maximum absolute atomic E-state index is 15.3. The number of carbonyl (C=O) groups excluding carboxylic acids is 4. The first kappa shape index (κ1) is 37.3. The van der Waals surface area contributed by atoms with Gasteiger partial charge in [-0.1, -0.05) is 77.8 Å². The van der Waals surface area contributed by atoms with Crippen molar-refractivity contribution in [2.75, 3.05) is 17.4 Å². The second-order valence-electron chi connectivity index (χ2n) is 14.2. The van der Waals surface area contributed by atoms with Gasteiger partial charge in [0.2, 0.25) is 11.8 Å². The minimum absolute atomic E-state index is 0.0811. The van der Waals surface area contributed by atoms with E-state index >= 15 is 4.79 Å². The summed E-state index contributed by atoms with van der Waals surface area (Å²) >= 11 is 12.6. The summed E-state index contributed by atoms with van der Waals surface area (Å²) in [6.45, 7) is 3.76. The molecule has 3 heterocycles. The van der Waals surface area contributed by atoms with Crippen LogP contribution in [0.1, 0.15) is 41.0 Å². The van der Waals surface area contributed by atoms with Gasteiger partial charge in [0.25, 0.3) is 11.8 Å². The van der Waals surface area contributed by atoms with Gasteiger partial charge in [-0.3, -0.25) is 29.5 Å². The maximum Gasteiger partial charge on any atom is 0.417 e. The van der Waals surface area contributed by atoms with E-state index in [1.807, 2.05) is 6.08 Å². The van der Waals surface area contributed by atoms with Crippen molar-refractivity contribution in [1.82, 2.24) is 9.99 Å². The number of aromatic hydroxyl groups is 1. The quantitative estimate of drug-likeness (QED) is 0.142. The lowest BCUT2D eigenvalue weighted by atomic mass is 9.49. The van der Waals surface area contributed by atoms with Crippen LogP contribution in [0.15, 0.2) is 97.2 Å². The van der Waals surface area contributed by atoms with Crippen LogP contribution >= 0.6 is 23.2 Å². The highest BCUT2D eigenvalue weighted by Gasteiger charge is 2.70. The van der Waals surface area contributed by atoms with Crippen LogP contribution in [0, 0.1) is 23.7 Å². The SMILES string of the molecule is C=Cc1ccc(N2C(=O)[C@H]3[C@H](CC=C4[C@H]3C[C@H]3C(=O)N(Nc5ncc(C(F)(F)F)cc5Cl)C(=O)[C@@]3(c3ccc(Cl)cc3)[C@H]4c3ccc(OC)cc3O)C2=O)cc1. The molecule has 4 aromatic rings. The molecule has 3 fully saturated rings. The molecule has 0 unspecified atom stereocenters. The molecule has 2 aliphatic carbocycles. The third kappa shape index (κ3) is 5.58. The van der Waals surface area contributed by atoms with Crippen LogP contribution in [0.25, 0.3) is 6.08 Å². The molecule has 8 rings (SSSR count). The summed E-state index contributed by atoms with van der Waals surface area (Å²) in [6.07, 6.45) is -0.726. The fourth-order valence-corrected chi connectivity index (χ4v) is 9.37. The number of methoxy groups -OCH3 is 1. The standard InChI is InChI=1S/C41H31Cl2F3N4O6/c1-3-20-4-10-24(11-5-20)49-36(52)28-15-14-26-29(33(28)38(49)54)18-30-37(53)50(48-35-31(43)16-22(19-47-35)41(44,45)46)39(55)40(30,21-6-8-23(42)9-7-21)34(26)27-13-12-25(56-2)17-32(27)51/h3-14,16-17,19,28-30,33-34,51H,1,15,18H2,2H3,(H,47,48)/t28-,29+,30-,33-,34+,40+/m0/s1. The zero-order chi connectivity index (χ0) is 39.8. The molecule has 0 bridgehead atoms. The van der Waals surface area contributed by atoms with E-state index in [2.05, 4.69) is 17.0 Å². The van der Waals surface area contributed by atoms with Crippen molar-refractivity contribution in [2.45, 2.75) is 30.4 Å². The van der Waals surface area contributed by atoms with Gasteiger partial charge in [0, 0.05) is 28.8 Å². The Labute approximate surface area is 328 Å². The van der Waals surface area contributed by atoms with Crippen LogP contribution < -0.4 is 15.1 Å². The predicted molar refractivity (Wildman–Crippen MR) is 201 cm³/mol. The van der Waals surface area contributed by atoms with Crippen LogP contribution in [0.4, 0.5) is 24.7 Å². The Kier molecular flexibility index (Phi) is 9.00. The lowest BCUT2D eigenvalue weighted by molar-refractivity contribution is -0.139. The summed E-state index contributed by atoms with van der Waals surface area (Å²) in [5.74, 6) is -7.62. The number of carbonyl (C=O) groups is 4. The van der Waals surface area contributed by atoms with Gasteiger partial charge in [-0.05, 0) is 66.3 Å². The fraction of sp³-hybridized carbons (Fsp3) is 0.244. The highest BCUT2D eigenvalue weighted by Crippen LogP contribution is 2.65. The molecule has 2 N–H and O–H groups in total. The average Bonchev–Trinajstić information content (AvgIpc) is 3.56. The number of nitrogens with one attached hydrogen (secondary N) is 1. The fourth-order valence-electron chi connectivity index (χ4n) is 9.04. The molecule has 1 aromatic heterocycles. The van der Waals surface area contributed by atoms with Gasteiger partial charge >= 0.3 is 6.18 Å². The van der Waals surface area contributed by atoms with Crippen molar-refractivity contribution in [1.29, 1.82) is 0 Å². The van der Waals surface area contributed by atoms with Crippen LogP contribution in [-0.4, -0.2) is 45.8 Å². The first-order chi connectivity index (χ1) is 26.7. The number of ether oxygens (including phenoxy) is 1. The lowest BCUT2D eigenvalue weighted by Crippen LogP contribution is -2.53. The van der Waals surface area contributed by atoms with Gasteiger partial charge in [0.05, 0.1) is 46.6 Å². The van der Waals surface area contributed by atoms with Gasteiger partial charge in [0.1, 0.15) is 11.5 Å². The number of anilines is 2. The first-order valence-corrected chi connectivity index (χ1v) is 18.3. The molecule has 6 atom stereocenters. The van der Waals surface area contributed by atoms with Crippen molar-refractivity contribution in [3.8, 4) is 11.5 Å². The number of amides is 4. The summed E-state index contributed by atoms with van der Waals surface area (Å²) < 4.78 is 45.8. The van der Waals surface area contributed by atoms with E-state index in [-0.39, 0.29) is 30.0 Å². The average molecular weight is 804 g/mol. The van der Waals surface area contributed by atoms with Gasteiger partial charge in [0.15, 0.2) is 5.82 Å². The minimum atomic E-state index is -4.76. The number of imide groups is 2. The number of phenols is 1. The second-order valence-corrected chi connectivity index (χ2v) is 15.0. The Morgan fingerprint density at radius 1 is 0.964 bits per heavy atom. The normalized spacial score (nSPS) is 25.8. The zero-order valence-electron chi connectivity index (χ0n) is 29.4. The van der Waals surface area contributed by atoms with Gasteiger partial charge < -0.3 is 9.84 Å². The van der Waals surface area contributed by atoms with Crippen molar-refractivity contribution in [3.63, 3.8) is 0 Å². The number of benzene rings is 3. The largest absolute Gasteiger partial charge is 0.508 e. The Hall–Kier alpha value is -5.66. The molecule has 56 heavy (non-hydrogen) atoms. The first-order valence-electron chi connectivity index (χ1n) is 17.5. The predicted octanol–water partition coefficient (Wildman–Crippen LogP) is 7.95. The molecule has 15 heteroatoms. The topological polar surface area (TPSA) is 129 Å². The molecule has 286 valence electrons. The van der Waals surface area contributed by atoms with E-state index in [1.54, 1.807) is 66.7 Å². The molecule has 0 radical (unpaired) electrons. The molecule has 10 nitrogen and oxygen atoms in total. The number of halogens is 5. The molecular formula is C41H31Cl2F3N4O6. The van der Waals surface area contributed by atoms with Crippen molar-refractivity contribution in [3.05, 3.63) is 130 Å². The van der Waals surface area contributed by atoms with E-state index in [0.717, 1.165) is 10.5 Å². The van der Waals surface area contributed by atoms with E-state index < -0.39 is 75.4 Å². The molecule has 2 saturated heterocycles. The smallest absolute Gasteiger partial charge is 0.417 e. The summed E-state index contributed by atoms with van der Waals surface area (Å²) in [5.41, 5.74) is 1.96. The molecule has 1 saturated carbocycles. The highest BCUT2D eigenvalue weighted by molar-refractivity contribution is 6.33. The number of nitrogens with zero attached hydrogens (tertiary/aromatic N) is 3. The van der Waals surface area contributed by atoms with Gasteiger partial charge in [-0.25, -0.2) is 4.98 Å². The van der Waals surface area contributed by atoms with E-state index in [9.17, 15) is 32.7 Å². The summed E-state index contributed by atoms with van der Waals surface area (Å²) in [5, 5.41) is 12.2. The monoisotopic (exact) mass is 802 g/mol. The Morgan fingerprint density at radius 2 is 1.68 bits per heavy atom. The van der Waals surface area contributed by atoms with Crippen molar-refractivity contribution < 1.29 is 42.2 Å². The number of fused-ring (bicyclic) bond motifs is 4. The number of phenolic OH excluding ortho intramolecular Hbond substituents is 1. The maximum atomic E-state index is 15.3. The minimum Gasteiger partial charge on any atom is -0.508 e. The Balaban J connectivity index is 1.31. The number of rotatable bonds is 7. The summed E-state index contributed by atoms with van der Waals surface area (Å²) in [6, 6.07) is 18.3. The Morgan fingerprint density at radius 3 is 2.30 bits per heavy atom. The lowest BCUT2D eigenvalue weighted by Gasteiger charge is -2.50. The number of alkyl halides is 3. The van der Waals surface area contributed by atoms with Crippen molar-refractivity contribution >= 4 is 64.4 Å². The van der Waals surface area contributed by atoms with Crippen molar-refractivity contribution in [2.24, 2.45) is 23.7 Å². The Bertz CT molecular complexity index is 2370. The number of hydrazine groups is 1. The number of pyridine rings is 1. The molecular weight excluding hydrogens is 772 g/mol. The van der Waals surface area contributed by atoms with E-state index in [4.69, 9.17) is 27.9 Å². The van der Waals surface area contributed by atoms with Gasteiger partial charge in [-0.15, -0.1) is 0 Å². The van der Waals surface area contributed by atoms with Crippen LogP contribution in [0.5, 0.6) is 11.5 Å². The number of aromatic nitrogens is 1. The second kappa shape index (κ2) is 13.5. The molecule has 3 aromatic carbocycles. The summed E-state index contributed by atoms with van der Waals surface area (Å²) in [7, 11) is 1.42. The molecule has 4 amide bonds. The molecule has 0 spiro atoms. The van der Waals surface area contributed by atoms with Crippen LogP contribution in [-0.2, 0) is 30.8 Å². The molecule has 2 aliphatic heterocycles. The molecule has 4 aliphatic rings. The van der Waals surface area contributed by atoms with E-state index in [0.29, 0.717) is 44.9 Å². The van der Waals surface area contributed by atoms with E-state index in [1.165, 1.54) is 13.2 Å². The number of hydrogen-bond donors (Lipinski definition) is 2. The van der Waals surface area contributed by atoms with Crippen LogP contribution in [0.3, 0.4) is 0 Å². The highest BCUT2D eigenvalue weighted by atomic mass is 35.5. The van der Waals surface area contributed by atoms with Crippen LogP contribution in [0.2, 0.25) is 10.0 Å². The third-order valence-electron chi connectivity index (χ3n) is 11.5. The zero-order valence-corrected chi connectivity index (χ0v) is 30.9. The number of hydrogen-bond acceptors (Lipinski definition) is 8. The third-order valence-corrected chi connectivity index (χ3v) is 12.0.